The highest BCUT2D eigenvalue weighted by molar-refractivity contribution is 7.88. The van der Waals surface area contributed by atoms with Gasteiger partial charge in [0.2, 0.25) is 10.0 Å². The number of likely N-dealkylation sites (tertiary alicyclic amines) is 1. The van der Waals surface area contributed by atoms with Gasteiger partial charge in [0.05, 0.1) is 11.8 Å². The first-order valence-corrected chi connectivity index (χ1v) is 10.6. The first kappa shape index (κ1) is 23.1. The third kappa shape index (κ3) is 6.13. The van der Waals surface area contributed by atoms with E-state index < -0.39 is 22.2 Å². The molecule has 12 heteroatoms. The summed E-state index contributed by atoms with van der Waals surface area (Å²) in [5.74, 6) is -2.77. The summed E-state index contributed by atoms with van der Waals surface area (Å²) < 4.78 is 56.7. The second-order valence-corrected chi connectivity index (χ2v) is 9.20. The third-order valence-electron chi connectivity index (χ3n) is 4.97. The molecule has 162 valence electrons. The molecule has 1 unspecified atom stereocenters. The van der Waals surface area contributed by atoms with Crippen LogP contribution in [0.4, 0.5) is 13.2 Å². The highest BCUT2D eigenvalue weighted by atomic mass is 32.2. The van der Waals surface area contributed by atoms with Crippen molar-refractivity contribution >= 4 is 21.9 Å². The summed E-state index contributed by atoms with van der Waals surface area (Å²) in [4.78, 5) is 27.3. The van der Waals surface area contributed by atoms with E-state index in [1.165, 1.54) is 6.26 Å². The van der Waals surface area contributed by atoms with E-state index >= 15 is 0 Å². The molecule has 0 bridgehead atoms. The standard InChI is InChI=1S/C15H21N3O3S.C2HF3O2/c1-22(20,21)18-9-6-15(12-18)5-3-8-17(11-15)14(19)13-4-2-7-16-10-13;3-2(4,5)1(6)7/h2,4,7,10H,3,5-6,8-9,11-12H2,1H3;(H,6,7). The summed E-state index contributed by atoms with van der Waals surface area (Å²) in [6, 6.07) is 3.53. The molecule has 3 heterocycles. The largest absolute Gasteiger partial charge is 0.490 e. The van der Waals surface area contributed by atoms with E-state index in [9.17, 15) is 26.4 Å². The number of hydrogen-bond donors (Lipinski definition) is 1. The maximum atomic E-state index is 12.6. The van der Waals surface area contributed by atoms with Crippen molar-refractivity contribution < 1.29 is 36.3 Å². The average molecular weight is 437 g/mol. The number of hydrogen-bond acceptors (Lipinski definition) is 5. The number of aromatic nitrogens is 1. The number of halogens is 3. The molecule has 1 N–H and O–H groups in total. The SMILES string of the molecule is CS(=O)(=O)N1CCC2(CCCN(C(=O)c3cccnc3)C2)C1.O=C(O)C(F)(F)F. The van der Waals surface area contributed by atoms with E-state index in [1.807, 2.05) is 4.90 Å². The van der Waals surface area contributed by atoms with Crippen LogP contribution in [-0.4, -0.2) is 78.2 Å². The van der Waals surface area contributed by atoms with Crippen molar-refractivity contribution in [3.63, 3.8) is 0 Å². The second kappa shape index (κ2) is 8.66. The molecule has 0 aliphatic carbocycles. The van der Waals surface area contributed by atoms with Crippen molar-refractivity contribution in [2.75, 3.05) is 32.4 Å². The van der Waals surface area contributed by atoms with Crippen molar-refractivity contribution in [2.45, 2.75) is 25.4 Å². The summed E-state index contributed by atoms with van der Waals surface area (Å²) in [5, 5.41) is 7.12. The number of sulfonamides is 1. The molecule has 0 radical (unpaired) electrons. The Kier molecular flexibility index (Phi) is 6.89. The van der Waals surface area contributed by atoms with Gasteiger partial charge < -0.3 is 10.0 Å². The van der Waals surface area contributed by atoms with E-state index in [2.05, 4.69) is 4.98 Å². The Morgan fingerprint density at radius 3 is 2.34 bits per heavy atom. The first-order chi connectivity index (χ1) is 13.3. The van der Waals surface area contributed by atoms with E-state index in [-0.39, 0.29) is 11.3 Å². The van der Waals surface area contributed by atoms with E-state index in [0.717, 1.165) is 25.8 Å². The van der Waals surface area contributed by atoms with Gasteiger partial charge in [-0.15, -0.1) is 0 Å². The van der Waals surface area contributed by atoms with Crippen LogP contribution in [-0.2, 0) is 14.8 Å². The van der Waals surface area contributed by atoms with Gasteiger partial charge in [0.1, 0.15) is 0 Å². The lowest BCUT2D eigenvalue weighted by molar-refractivity contribution is -0.192. The van der Waals surface area contributed by atoms with Crippen LogP contribution in [0.25, 0.3) is 0 Å². The lowest BCUT2D eigenvalue weighted by Crippen LogP contribution is -2.47. The molecule has 1 amide bonds. The molecule has 29 heavy (non-hydrogen) atoms. The Bertz CT molecular complexity index is 848. The minimum Gasteiger partial charge on any atom is -0.475 e. The van der Waals surface area contributed by atoms with Gasteiger partial charge in [-0.1, -0.05) is 0 Å². The van der Waals surface area contributed by atoms with E-state index in [4.69, 9.17) is 9.90 Å². The fourth-order valence-corrected chi connectivity index (χ4v) is 4.49. The van der Waals surface area contributed by atoms with Crippen molar-refractivity contribution in [3.8, 4) is 0 Å². The normalized spacial score (nSPS) is 22.8. The van der Waals surface area contributed by atoms with Gasteiger partial charge in [-0.3, -0.25) is 9.78 Å². The maximum Gasteiger partial charge on any atom is 0.490 e. The first-order valence-electron chi connectivity index (χ1n) is 8.79. The molecule has 1 aromatic rings. The van der Waals surface area contributed by atoms with Gasteiger partial charge in [-0.25, -0.2) is 17.5 Å². The number of piperidine rings is 1. The molecule has 0 aromatic carbocycles. The quantitative estimate of drug-likeness (QED) is 0.753. The summed E-state index contributed by atoms with van der Waals surface area (Å²) in [6.07, 6.45) is 2.14. The lowest BCUT2D eigenvalue weighted by Gasteiger charge is -2.40. The van der Waals surface area contributed by atoms with Crippen molar-refractivity contribution in [1.82, 2.24) is 14.2 Å². The predicted molar refractivity (Wildman–Crippen MR) is 96.5 cm³/mol. The molecule has 0 saturated carbocycles. The molecule has 1 aromatic heterocycles. The molecular weight excluding hydrogens is 415 g/mol. The van der Waals surface area contributed by atoms with Crippen LogP contribution in [0, 0.1) is 5.41 Å². The Hall–Kier alpha value is -2.21. The minimum atomic E-state index is -5.08. The van der Waals surface area contributed by atoms with Gasteiger partial charge in [0.15, 0.2) is 0 Å². The van der Waals surface area contributed by atoms with Crippen molar-refractivity contribution in [2.24, 2.45) is 5.41 Å². The summed E-state index contributed by atoms with van der Waals surface area (Å²) in [5.41, 5.74) is 0.511. The second-order valence-electron chi connectivity index (χ2n) is 7.22. The number of aliphatic carboxylic acids is 1. The van der Waals surface area contributed by atoms with Crippen LogP contribution in [0.1, 0.15) is 29.6 Å². The fraction of sp³-hybridized carbons (Fsp3) is 0.588. The molecule has 1 spiro atoms. The molecule has 8 nitrogen and oxygen atoms in total. The van der Waals surface area contributed by atoms with Crippen LogP contribution < -0.4 is 0 Å². The number of carboxylic acid groups (broad SMARTS) is 1. The highest BCUT2D eigenvalue weighted by Gasteiger charge is 2.44. The number of amides is 1. The average Bonchev–Trinajstić information content (AvgIpc) is 3.05. The number of carbonyl (C=O) groups is 2. The van der Waals surface area contributed by atoms with Crippen molar-refractivity contribution in [3.05, 3.63) is 30.1 Å². The van der Waals surface area contributed by atoms with E-state index in [0.29, 0.717) is 25.2 Å². The molecule has 2 aliphatic heterocycles. The number of alkyl halides is 3. The zero-order valence-electron chi connectivity index (χ0n) is 15.7. The predicted octanol–water partition coefficient (Wildman–Crippen LogP) is 1.60. The van der Waals surface area contributed by atoms with Crippen LogP contribution in [0.3, 0.4) is 0 Å². The number of nitrogens with zero attached hydrogens (tertiary/aromatic N) is 3. The van der Waals surface area contributed by atoms with E-state index in [1.54, 1.807) is 28.8 Å². The number of carbonyl (C=O) groups excluding carboxylic acids is 1. The van der Waals surface area contributed by atoms with Gasteiger partial charge in [-0.05, 0) is 31.4 Å². The van der Waals surface area contributed by atoms with Gasteiger partial charge in [0.25, 0.3) is 5.91 Å². The molecule has 3 rings (SSSR count). The van der Waals surface area contributed by atoms with Gasteiger partial charge in [0, 0.05) is 44.0 Å². The highest BCUT2D eigenvalue weighted by Crippen LogP contribution is 2.40. The summed E-state index contributed by atoms with van der Waals surface area (Å²) >= 11 is 0. The maximum absolute atomic E-state index is 12.6. The Balaban J connectivity index is 0.000000370. The van der Waals surface area contributed by atoms with Crippen LogP contribution in [0.15, 0.2) is 24.5 Å². The smallest absolute Gasteiger partial charge is 0.475 e. The van der Waals surface area contributed by atoms with Crippen LogP contribution >= 0.6 is 0 Å². The zero-order valence-corrected chi connectivity index (χ0v) is 16.5. The van der Waals surface area contributed by atoms with Crippen LogP contribution in [0.2, 0.25) is 0 Å². The topological polar surface area (TPSA) is 108 Å². The monoisotopic (exact) mass is 437 g/mol. The molecule has 2 saturated heterocycles. The number of rotatable bonds is 2. The van der Waals surface area contributed by atoms with Crippen LogP contribution in [0.5, 0.6) is 0 Å². The van der Waals surface area contributed by atoms with Crippen molar-refractivity contribution in [1.29, 1.82) is 0 Å². The molecular formula is C17H22F3N3O5S. The summed E-state index contributed by atoms with van der Waals surface area (Å²) in [6.45, 7) is 2.46. The fourth-order valence-electron chi connectivity index (χ4n) is 3.56. The Labute approximate surface area is 166 Å². The summed E-state index contributed by atoms with van der Waals surface area (Å²) in [7, 11) is -3.15. The minimum absolute atomic E-state index is 0.00928. The van der Waals surface area contributed by atoms with Gasteiger partial charge in [-0.2, -0.15) is 13.2 Å². The Morgan fingerprint density at radius 2 is 1.86 bits per heavy atom. The zero-order chi connectivity index (χ0) is 21.9. The number of pyridine rings is 1. The lowest BCUT2D eigenvalue weighted by atomic mass is 9.79. The van der Waals surface area contributed by atoms with Gasteiger partial charge >= 0.3 is 12.1 Å². The Morgan fingerprint density at radius 1 is 1.21 bits per heavy atom. The third-order valence-corrected chi connectivity index (χ3v) is 6.22. The molecule has 1 atom stereocenters. The molecule has 2 fully saturated rings. The molecule has 2 aliphatic rings. The number of carboxylic acids is 1.